The van der Waals surface area contributed by atoms with Crippen molar-refractivity contribution >= 4 is 31.7 Å². The third kappa shape index (κ3) is 61.6. The molecule has 0 aromatic carbocycles. The molecule has 0 rings (SSSR count). The molecule has 0 saturated carbocycles. The molecule has 0 aliphatic carbocycles. The summed E-state index contributed by atoms with van der Waals surface area (Å²) in [5.74, 6) is 0. The van der Waals surface area contributed by atoms with Crippen LogP contribution in [-0.2, 0) is 23.1 Å². The fourth-order valence-electron chi connectivity index (χ4n) is 0. The first-order valence-corrected chi connectivity index (χ1v) is 2.19. The predicted molar refractivity (Wildman–Crippen MR) is 13.4 cm³/mol. The molecular formula is KO4PSnV+2. The van der Waals surface area contributed by atoms with Crippen LogP contribution in [-0.4, -0.2) is 23.9 Å². The van der Waals surface area contributed by atoms with Crippen molar-refractivity contribution < 1.29 is 89.2 Å². The first-order chi connectivity index (χ1) is 2.00. The van der Waals surface area contributed by atoms with Gasteiger partial charge in [0, 0.05) is 18.6 Å². The van der Waals surface area contributed by atoms with Gasteiger partial charge in [-0.05, 0) is 0 Å². The van der Waals surface area contributed by atoms with E-state index in [2.05, 4.69) is 0 Å². The van der Waals surface area contributed by atoms with E-state index in [4.69, 9.17) is 19.2 Å². The van der Waals surface area contributed by atoms with E-state index >= 15 is 0 Å². The summed E-state index contributed by atoms with van der Waals surface area (Å²) >= 11 is 0. The molecule has 0 N–H and O–H groups in total. The Hall–Kier alpha value is 3.13. The molecule has 0 amide bonds. The molecule has 0 aromatic heterocycles. The predicted octanol–water partition coefficient (Wildman–Crippen LogP) is -6.20. The van der Waals surface area contributed by atoms with Crippen molar-refractivity contribution in [2.75, 3.05) is 0 Å². The SMILES string of the molecule is O=P([O-])([O-])[O-].[K+].[Sn+4].[V]. The fraction of sp³-hybridized carbons (Fsp3) is 0. The summed E-state index contributed by atoms with van der Waals surface area (Å²) in [6, 6.07) is 0. The van der Waals surface area contributed by atoms with Gasteiger partial charge >= 0.3 is 75.3 Å². The Morgan fingerprint density at radius 1 is 1.12 bits per heavy atom. The summed E-state index contributed by atoms with van der Waals surface area (Å²) in [5, 5.41) is 0. The molecule has 4 nitrogen and oxygen atoms in total. The number of hydrogen-bond acceptors (Lipinski definition) is 4. The second kappa shape index (κ2) is 10.1. The van der Waals surface area contributed by atoms with Gasteiger partial charge in [-0.2, -0.15) is 7.82 Å². The van der Waals surface area contributed by atoms with Crippen molar-refractivity contribution in [1.82, 2.24) is 0 Å². The molecule has 0 fully saturated rings. The zero-order chi connectivity index (χ0) is 4.50. The average molecular weight is 304 g/mol. The van der Waals surface area contributed by atoms with Gasteiger partial charge in [0.25, 0.3) is 0 Å². The van der Waals surface area contributed by atoms with E-state index in [9.17, 15) is 0 Å². The topological polar surface area (TPSA) is 86.2 Å². The van der Waals surface area contributed by atoms with E-state index in [0.717, 1.165) is 0 Å². The second-order valence-corrected chi connectivity index (χ2v) is 1.34. The largest absolute Gasteiger partial charge is 4.00 e. The van der Waals surface area contributed by atoms with Gasteiger partial charge in [0.15, 0.2) is 0 Å². The van der Waals surface area contributed by atoms with Crippen LogP contribution in [0.2, 0.25) is 0 Å². The van der Waals surface area contributed by atoms with Crippen LogP contribution in [0.25, 0.3) is 0 Å². The Kier molecular flexibility index (Phi) is 28.4. The first-order valence-electron chi connectivity index (χ1n) is 0.730. The third-order valence-corrected chi connectivity index (χ3v) is 0. The Balaban J connectivity index is -0.0000000267. The normalized spacial score (nSPS) is 7.38. The first kappa shape index (κ1) is 22.5. The van der Waals surface area contributed by atoms with E-state index in [-0.39, 0.29) is 93.8 Å². The molecule has 1 radical (unpaired) electrons. The standard InChI is InChI=1S/K.H3O4P.Sn.V/c;1-5(2,3)4;;/h;(H3,1,2,3,4);;/q+1;;+4;/p-3. The van der Waals surface area contributed by atoms with Crippen LogP contribution in [0, 0.1) is 0 Å². The van der Waals surface area contributed by atoms with Crippen LogP contribution in [0.3, 0.4) is 0 Å². The summed E-state index contributed by atoms with van der Waals surface area (Å²) in [4.78, 5) is 25.6. The van der Waals surface area contributed by atoms with E-state index in [1.165, 1.54) is 0 Å². The summed E-state index contributed by atoms with van der Waals surface area (Å²) < 4.78 is 8.55. The average Bonchev–Trinajstić information content (AvgIpc) is 0.722. The summed E-state index contributed by atoms with van der Waals surface area (Å²) in [6.07, 6.45) is 0. The maximum absolute atomic E-state index is 8.55. The molecule has 8 heavy (non-hydrogen) atoms. The monoisotopic (exact) mass is 305 g/mol. The van der Waals surface area contributed by atoms with E-state index in [1.807, 2.05) is 0 Å². The summed E-state index contributed by atoms with van der Waals surface area (Å²) in [6.45, 7) is 0. The van der Waals surface area contributed by atoms with Crippen LogP contribution in [0.5, 0.6) is 0 Å². The van der Waals surface area contributed by atoms with Crippen molar-refractivity contribution in [1.29, 1.82) is 0 Å². The summed E-state index contributed by atoms with van der Waals surface area (Å²) in [7, 11) is -5.39. The molecule has 8 heteroatoms. The molecule has 0 heterocycles. The van der Waals surface area contributed by atoms with Crippen molar-refractivity contribution in [3.8, 4) is 0 Å². The van der Waals surface area contributed by atoms with E-state index < -0.39 is 7.82 Å². The van der Waals surface area contributed by atoms with Gasteiger partial charge in [-0.1, -0.05) is 0 Å². The van der Waals surface area contributed by atoms with Gasteiger partial charge in [0.1, 0.15) is 0 Å². The van der Waals surface area contributed by atoms with Crippen molar-refractivity contribution in [2.45, 2.75) is 0 Å². The Bertz CT molecular complexity index is 62.2. The Labute approximate surface area is 118 Å². The quantitative estimate of drug-likeness (QED) is 0.329. The summed E-state index contributed by atoms with van der Waals surface area (Å²) in [5.41, 5.74) is 0. The van der Waals surface area contributed by atoms with Crippen molar-refractivity contribution in [3.63, 3.8) is 0 Å². The minimum absolute atomic E-state index is 0. The van der Waals surface area contributed by atoms with Crippen LogP contribution in [0.4, 0.5) is 0 Å². The molecule has 0 spiro atoms. The molecule has 0 unspecified atom stereocenters. The fourth-order valence-corrected chi connectivity index (χ4v) is 0. The van der Waals surface area contributed by atoms with Gasteiger partial charge in [-0.15, -0.1) is 0 Å². The number of rotatable bonds is 0. The van der Waals surface area contributed by atoms with E-state index in [0.29, 0.717) is 0 Å². The van der Waals surface area contributed by atoms with Gasteiger partial charge in [-0.3, -0.25) is 0 Å². The molecule has 0 atom stereocenters. The number of hydrogen-bond donors (Lipinski definition) is 0. The number of phosphoric acid groups is 1. The molecule has 0 aromatic rings. The molecule has 0 bridgehead atoms. The molecule has 37 valence electrons. The maximum Gasteiger partial charge on any atom is 4.00 e. The Morgan fingerprint density at radius 2 is 1.12 bits per heavy atom. The van der Waals surface area contributed by atoms with Crippen LogP contribution in [0.15, 0.2) is 0 Å². The van der Waals surface area contributed by atoms with Crippen LogP contribution >= 0.6 is 7.82 Å². The smallest absolute Gasteiger partial charge is 0.822 e. The second-order valence-electron chi connectivity index (χ2n) is 0.447. The molecule has 0 aliphatic heterocycles. The maximum atomic E-state index is 8.55. The van der Waals surface area contributed by atoms with Gasteiger partial charge in [0.2, 0.25) is 0 Å². The van der Waals surface area contributed by atoms with Crippen LogP contribution < -0.4 is 66.1 Å². The third-order valence-electron chi connectivity index (χ3n) is 0. The van der Waals surface area contributed by atoms with Crippen molar-refractivity contribution in [3.05, 3.63) is 0 Å². The Morgan fingerprint density at radius 3 is 1.12 bits per heavy atom. The molecule has 0 aliphatic rings. The van der Waals surface area contributed by atoms with Gasteiger partial charge in [-0.25, -0.2) is 0 Å². The zero-order valence-electron chi connectivity index (χ0n) is 4.03. The molecular weight excluding hydrogens is 304 g/mol. The minimum atomic E-state index is -5.39. The molecule has 0 saturated heterocycles. The van der Waals surface area contributed by atoms with Crippen molar-refractivity contribution in [2.24, 2.45) is 0 Å². The van der Waals surface area contributed by atoms with Gasteiger partial charge < -0.3 is 19.2 Å². The van der Waals surface area contributed by atoms with Crippen LogP contribution in [0.1, 0.15) is 0 Å². The zero-order valence-corrected chi connectivity index (χ0v) is 12.3. The van der Waals surface area contributed by atoms with Gasteiger partial charge in [0.05, 0.1) is 0 Å². The van der Waals surface area contributed by atoms with E-state index in [1.54, 1.807) is 0 Å². The minimum Gasteiger partial charge on any atom is -0.822 e.